The predicted molar refractivity (Wildman–Crippen MR) is 181 cm³/mol. The monoisotopic (exact) mass is 607 g/mol. The van der Waals surface area contributed by atoms with Crippen LogP contribution in [0.3, 0.4) is 0 Å². The van der Waals surface area contributed by atoms with Gasteiger partial charge in [0.05, 0.1) is 0 Å². The number of benzene rings is 4. The molecule has 45 heavy (non-hydrogen) atoms. The van der Waals surface area contributed by atoms with Gasteiger partial charge in [-0.2, -0.15) is 0 Å². The van der Waals surface area contributed by atoms with Crippen molar-refractivity contribution in [1.82, 2.24) is 10.2 Å². The maximum absolute atomic E-state index is 14.8. The maximum Gasteiger partial charge on any atom is 0.408 e. The van der Waals surface area contributed by atoms with Crippen LogP contribution < -0.4 is 10.6 Å². The van der Waals surface area contributed by atoms with Crippen LogP contribution in [0.2, 0.25) is 0 Å². The number of amides is 3. The number of hydrogen-bond acceptors (Lipinski definition) is 4. The Labute approximate surface area is 267 Å². The lowest BCUT2D eigenvalue weighted by atomic mass is 9.90. The van der Waals surface area contributed by atoms with E-state index in [9.17, 15) is 14.4 Å². The molecule has 0 aliphatic heterocycles. The summed E-state index contributed by atoms with van der Waals surface area (Å²) in [7, 11) is 0. The molecule has 7 nitrogen and oxygen atoms in total. The lowest BCUT2D eigenvalue weighted by Crippen LogP contribution is -2.58. The van der Waals surface area contributed by atoms with Crippen molar-refractivity contribution >= 4 is 34.4 Å². The summed E-state index contributed by atoms with van der Waals surface area (Å²) in [5.74, 6) is -0.741. The van der Waals surface area contributed by atoms with Gasteiger partial charge in [0.2, 0.25) is 5.91 Å². The molecule has 2 unspecified atom stereocenters. The normalized spacial score (nSPS) is 13.1. The number of carbonyl (C=O) groups excluding carboxylic acids is 3. The van der Waals surface area contributed by atoms with Crippen LogP contribution in [0.15, 0.2) is 91.0 Å². The highest BCUT2D eigenvalue weighted by atomic mass is 16.6. The number of ether oxygens (including phenoxy) is 1. The van der Waals surface area contributed by atoms with Gasteiger partial charge in [-0.15, -0.1) is 0 Å². The van der Waals surface area contributed by atoms with Crippen molar-refractivity contribution in [3.05, 3.63) is 113 Å². The van der Waals surface area contributed by atoms with Gasteiger partial charge in [0.15, 0.2) is 0 Å². The summed E-state index contributed by atoms with van der Waals surface area (Å²) in [4.78, 5) is 44.0. The molecule has 0 aromatic heterocycles. The number of alkyl carbamates (subject to hydrolysis) is 1. The molecular weight excluding hydrogens is 562 g/mol. The molecule has 0 saturated carbocycles. The van der Waals surface area contributed by atoms with E-state index < -0.39 is 35.2 Å². The number of carbonyl (C=O) groups is 3. The Balaban J connectivity index is 1.81. The lowest BCUT2D eigenvalue weighted by Gasteiger charge is -2.43. The molecule has 0 radical (unpaired) electrons. The van der Waals surface area contributed by atoms with Crippen molar-refractivity contribution in [3.8, 4) is 0 Å². The van der Waals surface area contributed by atoms with Gasteiger partial charge in [-0.1, -0.05) is 78.9 Å². The zero-order chi connectivity index (χ0) is 32.9. The Kier molecular flexibility index (Phi) is 10.0. The van der Waals surface area contributed by atoms with E-state index in [-0.39, 0.29) is 12.3 Å². The van der Waals surface area contributed by atoms with E-state index >= 15 is 0 Å². The molecule has 0 aliphatic rings. The number of aryl methyl sites for hydroxylation is 1. The number of hydrogen-bond donors (Lipinski definition) is 2. The molecule has 236 valence electrons. The minimum Gasteiger partial charge on any atom is -0.444 e. The Morgan fingerprint density at radius 2 is 1.42 bits per heavy atom. The van der Waals surface area contributed by atoms with Crippen molar-refractivity contribution in [2.45, 2.75) is 85.0 Å². The maximum atomic E-state index is 14.8. The third-order valence-corrected chi connectivity index (χ3v) is 7.70. The average molecular weight is 608 g/mol. The third kappa shape index (κ3) is 8.50. The van der Waals surface area contributed by atoms with Gasteiger partial charge in [0.1, 0.15) is 17.7 Å². The lowest BCUT2D eigenvalue weighted by molar-refractivity contribution is -0.146. The van der Waals surface area contributed by atoms with E-state index in [0.29, 0.717) is 11.3 Å². The minimum atomic E-state index is -0.998. The van der Waals surface area contributed by atoms with Crippen LogP contribution in [-0.2, 0) is 20.7 Å². The first kappa shape index (κ1) is 33.2. The first-order chi connectivity index (χ1) is 21.1. The van der Waals surface area contributed by atoms with Crippen molar-refractivity contribution in [2.75, 3.05) is 5.32 Å². The molecule has 2 atom stereocenters. The van der Waals surface area contributed by atoms with E-state index in [4.69, 9.17) is 4.74 Å². The Morgan fingerprint density at radius 3 is 2.07 bits per heavy atom. The first-order valence-electron chi connectivity index (χ1n) is 15.4. The molecule has 3 amide bonds. The van der Waals surface area contributed by atoms with Gasteiger partial charge >= 0.3 is 6.09 Å². The molecule has 2 N–H and O–H groups in total. The zero-order valence-corrected chi connectivity index (χ0v) is 27.6. The second-order valence-electron chi connectivity index (χ2n) is 13.5. The van der Waals surface area contributed by atoms with Crippen molar-refractivity contribution in [2.24, 2.45) is 0 Å². The molecule has 7 heteroatoms. The topological polar surface area (TPSA) is 87.7 Å². The van der Waals surface area contributed by atoms with Crippen molar-refractivity contribution in [3.63, 3.8) is 0 Å². The fourth-order valence-corrected chi connectivity index (χ4v) is 5.46. The number of fused-ring (bicyclic) bond motifs is 1. The van der Waals surface area contributed by atoms with Crippen LogP contribution in [0, 0.1) is 13.8 Å². The number of anilines is 1. The zero-order valence-electron chi connectivity index (χ0n) is 27.6. The Bertz CT molecular complexity index is 1670. The SMILES string of the molecule is Cc1cccc(C(C(=O)Nc2ccc3ccccc3c2)N(C(=O)C(Cc2ccccc2)NC(=O)OC(C)(C)C)C(C)(C)C)c1C. The van der Waals surface area contributed by atoms with Crippen molar-refractivity contribution < 1.29 is 19.1 Å². The minimum absolute atomic E-state index is 0.220. The summed E-state index contributed by atoms with van der Waals surface area (Å²) < 4.78 is 5.56. The summed E-state index contributed by atoms with van der Waals surface area (Å²) in [6.45, 7) is 15.0. The Hall–Kier alpha value is -4.65. The number of rotatable bonds is 8. The largest absolute Gasteiger partial charge is 0.444 e. The van der Waals surface area contributed by atoms with Gasteiger partial charge in [-0.05, 0) is 101 Å². The number of nitrogens with zero attached hydrogens (tertiary/aromatic N) is 1. The van der Waals surface area contributed by atoms with Crippen LogP contribution in [0.5, 0.6) is 0 Å². The Morgan fingerprint density at radius 1 is 0.778 bits per heavy atom. The fourth-order valence-electron chi connectivity index (χ4n) is 5.46. The molecule has 0 heterocycles. The molecule has 4 aromatic rings. The standard InChI is InChI=1S/C38H45N3O4/c1-25-15-14-20-31(26(25)2)33(34(42)39-30-22-21-28-18-12-13-19-29(28)24-30)41(37(3,4)5)35(43)32(23-27-16-10-9-11-17-27)40-36(44)45-38(6,7)8/h9-22,24,32-33H,23H2,1-8H3,(H,39,42)(H,40,44). The van der Waals surface area contributed by atoms with E-state index in [1.807, 2.05) is 126 Å². The highest BCUT2D eigenvalue weighted by molar-refractivity contribution is 6.01. The first-order valence-corrected chi connectivity index (χ1v) is 15.4. The van der Waals surface area contributed by atoms with Gasteiger partial charge in [0, 0.05) is 17.6 Å². The van der Waals surface area contributed by atoms with E-state index in [2.05, 4.69) is 10.6 Å². The number of nitrogens with one attached hydrogen (secondary N) is 2. The molecule has 4 rings (SSSR count). The quantitative estimate of drug-likeness (QED) is 0.213. The predicted octanol–water partition coefficient (Wildman–Crippen LogP) is 7.90. The van der Waals surface area contributed by atoms with Gasteiger partial charge in [-0.25, -0.2) is 4.79 Å². The molecule has 0 spiro atoms. The third-order valence-electron chi connectivity index (χ3n) is 7.70. The summed E-state index contributed by atoms with van der Waals surface area (Å²) in [6, 6.07) is 27.0. The van der Waals surface area contributed by atoms with Crippen LogP contribution in [0.4, 0.5) is 10.5 Å². The fraction of sp³-hybridized carbons (Fsp3) is 0.342. The van der Waals surface area contributed by atoms with E-state index in [1.54, 1.807) is 25.7 Å². The van der Waals surface area contributed by atoms with Gasteiger partial charge in [-0.3, -0.25) is 9.59 Å². The summed E-state index contributed by atoms with van der Waals surface area (Å²) in [5.41, 5.74) is 2.56. The van der Waals surface area contributed by atoms with Gasteiger partial charge in [0.25, 0.3) is 5.91 Å². The molecule has 0 fully saturated rings. The van der Waals surface area contributed by atoms with Crippen LogP contribution in [0.25, 0.3) is 10.8 Å². The summed E-state index contributed by atoms with van der Waals surface area (Å²) in [5, 5.41) is 7.99. The molecular formula is C38H45N3O4. The van der Waals surface area contributed by atoms with Crippen molar-refractivity contribution in [1.29, 1.82) is 0 Å². The summed E-state index contributed by atoms with van der Waals surface area (Å²) in [6.07, 6.45) is -0.480. The summed E-state index contributed by atoms with van der Waals surface area (Å²) >= 11 is 0. The highest BCUT2D eigenvalue weighted by Gasteiger charge is 2.42. The molecule has 0 aliphatic carbocycles. The highest BCUT2D eigenvalue weighted by Crippen LogP contribution is 2.34. The molecule has 4 aromatic carbocycles. The average Bonchev–Trinajstić information content (AvgIpc) is 2.95. The van der Waals surface area contributed by atoms with E-state index in [0.717, 1.165) is 27.5 Å². The van der Waals surface area contributed by atoms with Crippen LogP contribution in [-0.4, -0.2) is 40.0 Å². The van der Waals surface area contributed by atoms with E-state index in [1.165, 1.54) is 0 Å². The van der Waals surface area contributed by atoms with Gasteiger partial charge < -0.3 is 20.3 Å². The molecule has 0 bridgehead atoms. The smallest absolute Gasteiger partial charge is 0.408 e. The molecule has 0 saturated heterocycles. The second-order valence-corrected chi connectivity index (χ2v) is 13.5. The van der Waals surface area contributed by atoms with Crippen LogP contribution >= 0.6 is 0 Å². The van der Waals surface area contributed by atoms with Crippen LogP contribution in [0.1, 0.15) is 69.8 Å². The second kappa shape index (κ2) is 13.6.